The van der Waals surface area contributed by atoms with Crippen LogP contribution < -0.4 is 0 Å². The Morgan fingerprint density at radius 1 is 1.53 bits per heavy atom. The van der Waals surface area contributed by atoms with Gasteiger partial charge in [-0.15, -0.1) is 0 Å². The molecule has 0 aromatic heterocycles. The fourth-order valence-corrected chi connectivity index (χ4v) is 2.16. The summed E-state index contributed by atoms with van der Waals surface area (Å²) in [6.45, 7) is 0.133. The fraction of sp³-hybridized carbons (Fsp3) is 0.700. The number of piperidine rings is 1. The summed E-state index contributed by atoms with van der Waals surface area (Å²) in [5.41, 5.74) is 0. The number of urea groups is 1. The van der Waals surface area contributed by atoms with Gasteiger partial charge in [-0.3, -0.25) is 0 Å². The molecule has 19 heavy (non-hydrogen) atoms. The van der Waals surface area contributed by atoms with Crippen LogP contribution >= 0.6 is 0 Å². The number of hydrogen-bond donors (Lipinski definition) is 0. The molecule has 7 nitrogen and oxygen atoms in total. The van der Waals surface area contributed by atoms with E-state index in [-0.39, 0.29) is 6.54 Å². The molecule has 2 amide bonds. The van der Waals surface area contributed by atoms with Crippen molar-refractivity contribution in [1.29, 1.82) is 5.26 Å². The lowest BCUT2D eigenvalue weighted by atomic mass is 10.0. The van der Waals surface area contributed by atoms with Crippen molar-refractivity contribution in [1.82, 2.24) is 9.96 Å². The zero-order valence-corrected chi connectivity index (χ0v) is 10.0. The number of nitriles is 1. The summed E-state index contributed by atoms with van der Waals surface area (Å²) in [5, 5.41) is 9.32. The zero-order valence-electron chi connectivity index (χ0n) is 10.0. The van der Waals surface area contributed by atoms with Gasteiger partial charge in [-0.1, -0.05) is 0 Å². The van der Waals surface area contributed by atoms with Gasteiger partial charge in [-0.2, -0.15) is 23.9 Å². The van der Waals surface area contributed by atoms with E-state index < -0.39 is 30.2 Å². The third-order valence-corrected chi connectivity index (χ3v) is 3.11. The summed E-state index contributed by atoms with van der Waals surface area (Å²) in [5.74, 6) is -1.88. The van der Waals surface area contributed by atoms with Gasteiger partial charge in [0.15, 0.2) is 0 Å². The highest BCUT2D eigenvalue weighted by Gasteiger charge is 2.53. The molecule has 2 fully saturated rings. The minimum absolute atomic E-state index is 0.133. The summed E-state index contributed by atoms with van der Waals surface area (Å²) in [4.78, 5) is 28.0. The number of amides is 2. The van der Waals surface area contributed by atoms with E-state index in [2.05, 4.69) is 9.57 Å². The average molecular weight is 275 g/mol. The molecule has 0 saturated carbocycles. The maximum Gasteiger partial charge on any atom is 0.477 e. The highest BCUT2D eigenvalue weighted by Crippen LogP contribution is 2.32. The van der Waals surface area contributed by atoms with Crippen molar-refractivity contribution in [3.05, 3.63) is 0 Å². The number of hydroxylamine groups is 2. The number of fused-ring (bicyclic) bond motifs is 2. The summed E-state index contributed by atoms with van der Waals surface area (Å²) < 4.78 is 30.5. The predicted molar refractivity (Wildman–Crippen MR) is 54.4 cm³/mol. The zero-order chi connectivity index (χ0) is 14.2. The Morgan fingerprint density at radius 2 is 2.21 bits per heavy atom. The van der Waals surface area contributed by atoms with Crippen molar-refractivity contribution in [2.24, 2.45) is 0 Å². The smallest absolute Gasteiger partial charge is 0.463 e. The normalized spacial score (nSPS) is 26.3. The molecule has 2 atom stereocenters. The second-order valence-corrected chi connectivity index (χ2v) is 4.24. The molecular weight excluding hydrogens is 264 g/mol. The quantitative estimate of drug-likeness (QED) is 0.699. The molecule has 0 aromatic rings. The van der Waals surface area contributed by atoms with Crippen molar-refractivity contribution in [3.63, 3.8) is 0 Å². The van der Waals surface area contributed by atoms with Crippen molar-refractivity contribution in [2.45, 2.75) is 31.0 Å². The van der Waals surface area contributed by atoms with Gasteiger partial charge in [-0.05, 0) is 12.8 Å². The predicted octanol–water partition coefficient (Wildman–Crippen LogP) is 0.476. The SMILES string of the molecule is COC(=O)C(F)(F)ON1C(=O)N2C[C@H]1CC[C@H]2C#N. The molecule has 2 rings (SSSR count). The van der Waals surface area contributed by atoms with Crippen LogP contribution in [0.4, 0.5) is 13.6 Å². The number of halogens is 2. The van der Waals surface area contributed by atoms with Gasteiger partial charge >= 0.3 is 18.1 Å². The average Bonchev–Trinajstić information content (AvgIpc) is 2.63. The van der Waals surface area contributed by atoms with E-state index in [1.54, 1.807) is 0 Å². The number of rotatable bonds is 3. The minimum Gasteiger partial charge on any atom is -0.463 e. The topological polar surface area (TPSA) is 82.9 Å². The van der Waals surface area contributed by atoms with Crippen molar-refractivity contribution in [2.75, 3.05) is 13.7 Å². The highest BCUT2D eigenvalue weighted by molar-refractivity contribution is 5.79. The van der Waals surface area contributed by atoms with Crippen molar-refractivity contribution in [3.8, 4) is 6.07 Å². The van der Waals surface area contributed by atoms with Crippen molar-refractivity contribution < 1.29 is 27.9 Å². The lowest BCUT2D eigenvalue weighted by molar-refractivity contribution is -0.328. The Hall–Kier alpha value is -1.95. The van der Waals surface area contributed by atoms with Crippen LogP contribution in [-0.2, 0) is 14.4 Å². The number of hydrogen-bond acceptors (Lipinski definition) is 5. The molecule has 0 aromatic carbocycles. The number of esters is 1. The number of carbonyl (C=O) groups excluding carboxylic acids is 2. The molecule has 0 radical (unpaired) electrons. The molecule has 0 spiro atoms. The molecule has 2 bridgehead atoms. The second kappa shape index (κ2) is 4.62. The Kier molecular flexibility index (Phi) is 3.28. The van der Waals surface area contributed by atoms with Crippen LogP contribution in [0.15, 0.2) is 0 Å². The Morgan fingerprint density at radius 3 is 2.79 bits per heavy atom. The van der Waals surface area contributed by atoms with E-state index >= 15 is 0 Å². The number of carbonyl (C=O) groups is 2. The van der Waals surface area contributed by atoms with Crippen LogP contribution in [0.2, 0.25) is 0 Å². The van der Waals surface area contributed by atoms with Crippen LogP contribution in [-0.4, -0.2) is 53.8 Å². The van der Waals surface area contributed by atoms with Gasteiger partial charge in [0.25, 0.3) is 0 Å². The molecule has 0 aliphatic carbocycles. The number of nitrogens with zero attached hydrogens (tertiary/aromatic N) is 3. The molecule has 2 saturated heterocycles. The van der Waals surface area contributed by atoms with Crippen molar-refractivity contribution >= 4 is 12.0 Å². The number of ether oxygens (including phenoxy) is 1. The molecule has 104 valence electrons. The molecule has 2 aliphatic heterocycles. The van der Waals surface area contributed by atoms with E-state index in [4.69, 9.17) is 5.26 Å². The van der Waals surface area contributed by atoms with Gasteiger partial charge in [0.1, 0.15) is 6.04 Å². The first-order chi connectivity index (χ1) is 8.90. The number of alkyl halides is 2. The second-order valence-electron chi connectivity index (χ2n) is 4.24. The Bertz CT molecular complexity index is 451. The van der Waals surface area contributed by atoms with Gasteiger partial charge in [-0.25, -0.2) is 9.59 Å². The maximum absolute atomic E-state index is 13.3. The number of methoxy groups -OCH3 is 1. The molecular formula is C10H11F2N3O4. The first-order valence-electron chi connectivity index (χ1n) is 5.55. The standard InChI is InChI=1S/C10H11F2N3O4/c1-18-8(16)10(11,12)19-15-7-3-2-6(4-13)14(5-7)9(15)17/h6-7H,2-3,5H2,1H3/t6-,7+/m0/s1. The lowest BCUT2D eigenvalue weighted by Crippen LogP contribution is -2.44. The lowest BCUT2D eigenvalue weighted by Gasteiger charge is -2.25. The Labute approximate surface area is 107 Å². The van der Waals surface area contributed by atoms with E-state index in [0.717, 1.165) is 12.0 Å². The van der Waals surface area contributed by atoms with Gasteiger partial charge < -0.3 is 9.64 Å². The van der Waals surface area contributed by atoms with E-state index in [1.165, 1.54) is 0 Å². The highest BCUT2D eigenvalue weighted by atomic mass is 19.3. The molecule has 9 heteroatoms. The summed E-state index contributed by atoms with van der Waals surface area (Å²) in [6, 6.07) is -0.152. The summed E-state index contributed by atoms with van der Waals surface area (Å²) >= 11 is 0. The largest absolute Gasteiger partial charge is 0.477 e. The molecule has 0 unspecified atom stereocenters. The van der Waals surface area contributed by atoms with Gasteiger partial charge in [0.2, 0.25) is 0 Å². The van der Waals surface area contributed by atoms with E-state index in [1.807, 2.05) is 6.07 Å². The van der Waals surface area contributed by atoms with Crippen LogP contribution in [0.5, 0.6) is 0 Å². The van der Waals surface area contributed by atoms with Crippen LogP contribution in [0.25, 0.3) is 0 Å². The maximum atomic E-state index is 13.3. The van der Waals surface area contributed by atoms with Crippen LogP contribution in [0.1, 0.15) is 12.8 Å². The van der Waals surface area contributed by atoms with Gasteiger partial charge in [0.05, 0.1) is 19.2 Å². The fourth-order valence-electron chi connectivity index (χ4n) is 2.16. The monoisotopic (exact) mass is 275 g/mol. The van der Waals surface area contributed by atoms with Gasteiger partial charge in [0, 0.05) is 6.54 Å². The third kappa shape index (κ3) is 2.19. The van der Waals surface area contributed by atoms with E-state index in [9.17, 15) is 18.4 Å². The molecule has 2 heterocycles. The third-order valence-electron chi connectivity index (χ3n) is 3.11. The van der Waals surface area contributed by atoms with E-state index in [0.29, 0.717) is 17.9 Å². The molecule has 0 N–H and O–H groups in total. The first-order valence-corrected chi connectivity index (χ1v) is 5.55. The summed E-state index contributed by atoms with van der Waals surface area (Å²) in [6.07, 6.45) is -3.49. The Balaban J connectivity index is 2.13. The van der Waals surface area contributed by atoms with Crippen LogP contribution in [0, 0.1) is 11.3 Å². The minimum atomic E-state index is -4.23. The molecule has 2 aliphatic rings. The van der Waals surface area contributed by atoms with Crippen LogP contribution in [0.3, 0.4) is 0 Å². The summed E-state index contributed by atoms with van der Waals surface area (Å²) in [7, 11) is 0.791. The first kappa shape index (κ1) is 13.5.